The molecule has 0 N–H and O–H groups in total. The number of nitrogens with zero attached hydrogens (tertiary/aromatic N) is 1. The van der Waals surface area contributed by atoms with Crippen LogP contribution in [0.15, 0.2) is 21.1 Å². The van der Waals surface area contributed by atoms with Gasteiger partial charge in [0.25, 0.3) is 0 Å². The van der Waals surface area contributed by atoms with E-state index in [1.807, 2.05) is 11.0 Å². The highest BCUT2D eigenvalue weighted by molar-refractivity contribution is 9.13. The maximum atomic E-state index is 11.3. The number of hydrogen-bond acceptors (Lipinski definition) is 1. The number of fused-ring (bicyclic) bond motifs is 1. The molecule has 2 rings (SSSR count). The Morgan fingerprint density at radius 1 is 1.36 bits per heavy atom. The Balaban J connectivity index is 2.50. The number of anilines is 1. The first-order chi connectivity index (χ1) is 6.59. The summed E-state index contributed by atoms with van der Waals surface area (Å²) in [6.07, 6.45) is 0.945. The summed E-state index contributed by atoms with van der Waals surface area (Å²) in [5, 5.41) is 0. The minimum Gasteiger partial charge on any atom is -0.312 e. The van der Waals surface area contributed by atoms with E-state index in [0.29, 0.717) is 0 Å². The van der Waals surface area contributed by atoms with E-state index in [4.69, 9.17) is 0 Å². The van der Waals surface area contributed by atoms with Gasteiger partial charge in [-0.25, -0.2) is 0 Å². The molecule has 1 aromatic rings. The highest BCUT2D eigenvalue weighted by Crippen LogP contribution is 2.35. The summed E-state index contributed by atoms with van der Waals surface area (Å²) < 4.78 is 2.03. The lowest BCUT2D eigenvalue weighted by Gasteiger charge is -2.15. The molecular formula is C10H9Br2NO. The third-order valence-electron chi connectivity index (χ3n) is 2.40. The van der Waals surface area contributed by atoms with E-state index in [0.717, 1.165) is 27.6 Å². The molecule has 1 aliphatic heterocycles. The molecule has 74 valence electrons. The molecule has 1 aromatic carbocycles. The van der Waals surface area contributed by atoms with Crippen LogP contribution >= 0.6 is 31.9 Å². The molecule has 0 spiro atoms. The Hall–Kier alpha value is -0.350. The highest BCUT2D eigenvalue weighted by Gasteiger charge is 2.22. The van der Waals surface area contributed by atoms with E-state index in [2.05, 4.69) is 37.9 Å². The Bertz CT molecular complexity index is 403. The molecule has 2 nitrogen and oxygen atoms in total. The Morgan fingerprint density at radius 2 is 2.00 bits per heavy atom. The van der Waals surface area contributed by atoms with Crippen LogP contribution in [0.4, 0.5) is 5.69 Å². The lowest BCUT2D eigenvalue weighted by molar-refractivity contribution is -0.116. The molecule has 0 fully saturated rings. The van der Waals surface area contributed by atoms with Gasteiger partial charge in [-0.05, 0) is 56.0 Å². The fourth-order valence-electron chi connectivity index (χ4n) is 1.71. The third-order valence-corrected chi connectivity index (χ3v) is 4.24. The fourth-order valence-corrected chi connectivity index (χ4v) is 2.43. The van der Waals surface area contributed by atoms with Crippen molar-refractivity contribution in [2.75, 3.05) is 11.4 Å². The van der Waals surface area contributed by atoms with E-state index in [1.54, 1.807) is 6.92 Å². The Labute approximate surface area is 99.5 Å². The first-order valence-electron chi connectivity index (χ1n) is 4.35. The molecule has 0 radical (unpaired) electrons. The van der Waals surface area contributed by atoms with Crippen molar-refractivity contribution in [1.29, 1.82) is 0 Å². The summed E-state index contributed by atoms with van der Waals surface area (Å²) in [5.74, 6) is 0.109. The third kappa shape index (κ3) is 1.61. The van der Waals surface area contributed by atoms with Gasteiger partial charge in [-0.15, -0.1) is 0 Å². The van der Waals surface area contributed by atoms with Gasteiger partial charge in [0.1, 0.15) is 0 Å². The maximum absolute atomic E-state index is 11.3. The predicted molar refractivity (Wildman–Crippen MR) is 63.6 cm³/mol. The van der Waals surface area contributed by atoms with Crippen LogP contribution in [0.3, 0.4) is 0 Å². The topological polar surface area (TPSA) is 20.3 Å². The smallest absolute Gasteiger partial charge is 0.223 e. The van der Waals surface area contributed by atoms with Gasteiger partial charge in [-0.1, -0.05) is 0 Å². The number of amides is 1. The zero-order valence-corrected chi connectivity index (χ0v) is 10.9. The van der Waals surface area contributed by atoms with Gasteiger partial charge in [0.2, 0.25) is 5.91 Å². The van der Waals surface area contributed by atoms with Crippen LogP contribution in [0.25, 0.3) is 0 Å². The molecule has 0 atom stereocenters. The normalized spacial score (nSPS) is 14.4. The van der Waals surface area contributed by atoms with Crippen LogP contribution in [-0.4, -0.2) is 12.5 Å². The Morgan fingerprint density at radius 3 is 2.64 bits per heavy atom. The first kappa shape index (κ1) is 10.2. The molecule has 1 aliphatic rings. The molecule has 0 unspecified atom stereocenters. The van der Waals surface area contributed by atoms with Gasteiger partial charge in [-0.3, -0.25) is 4.79 Å². The number of benzene rings is 1. The van der Waals surface area contributed by atoms with Crippen molar-refractivity contribution in [3.8, 4) is 0 Å². The fraction of sp³-hybridized carbons (Fsp3) is 0.300. The van der Waals surface area contributed by atoms with Crippen molar-refractivity contribution >= 4 is 43.5 Å². The standard InChI is InChI=1S/C10H9Br2NO/c1-6(14)13-3-2-7-4-8(11)9(12)5-10(7)13/h4-5H,2-3H2,1H3. The summed E-state index contributed by atoms with van der Waals surface area (Å²) in [6.45, 7) is 2.40. The van der Waals surface area contributed by atoms with Crippen molar-refractivity contribution < 1.29 is 4.79 Å². The summed E-state index contributed by atoms with van der Waals surface area (Å²) in [5.41, 5.74) is 2.27. The van der Waals surface area contributed by atoms with E-state index in [-0.39, 0.29) is 5.91 Å². The van der Waals surface area contributed by atoms with Gasteiger partial charge in [0, 0.05) is 28.1 Å². The molecule has 0 aliphatic carbocycles. The zero-order valence-electron chi connectivity index (χ0n) is 7.68. The van der Waals surface area contributed by atoms with E-state index >= 15 is 0 Å². The minimum atomic E-state index is 0.109. The second-order valence-electron chi connectivity index (χ2n) is 3.32. The minimum absolute atomic E-state index is 0.109. The number of hydrogen-bond donors (Lipinski definition) is 0. The largest absolute Gasteiger partial charge is 0.312 e. The maximum Gasteiger partial charge on any atom is 0.223 e. The van der Waals surface area contributed by atoms with Crippen LogP contribution in [0.1, 0.15) is 12.5 Å². The average Bonchev–Trinajstić information content (AvgIpc) is 2.48. The number of carbonyl (C=O) groups excluding carboxylic acids is 1. The van der Waals surface area contributed by atoms with E-state index in [9.17, 15) is 4.79 Å². The molecule has 0 aromatic heterocycles. The van der Waals surface area contributed by atoms with Crippen molar-refractivity contribution in [3.05, 3.63) is 26.6 Å². The molecule has 14 heavy (non-hydrogen) atoms. The predicted octanol–water partition coefficient (Wildman–Crippen LogP) is 3.12. The molecule has 0 saturated heterocycles. The number of carbonyl (C=O) groups is 1. The lowest BCUT2D eigenvalue weighted by atomic mass is 10.2. The van der Waals surface area contributed by atoms with Gasteiger partial charge < -0.3 is 4.90 Å². The van der Waals surface area contributed by atoms with Crippen LogP contribution in [0, 0.1) is 0 Å². The SMILES string of the molecule is CC(=O)N1CCc2cc(Br)c(Br)cc21. The van der Waals surface area contributed by atoms with Crippen molar-refractivity contribution in [2.24, 2.45) is 0 Å². The zero-order chi connectivity index (χ0) is 10.3. The van der Waals surface area contributed by atoms with Crippen LogP contribution in [-0.2, 0) is 11.2 Å². The van der Waals surface area contributed by atoms with E-state index < -0.39 is 0 Å². The molecule has 0 saturated carbocycles. The van der Waals surface area contributed by atoms with Crippen molar-refractivity contribution in [2.45, 2.75) is 13.3 Å². The molecule has 1 heterocycles. The van der Waals surface area contributed by atoms with Gasteiger partial charge >= 0.3 is 0 Å². The summed E-state index contributed by atoms with van der Waals surface area (Å²) >= 11 is 6.90. The average molecular weight is 319 g/mol. The second-order valence-corrected chi connectivity index (χ2v) is 5.02. The van der Waals surface area contributed by atoms with Crippen LogP contribution < -0.4 is 4.90 Å². The Kier molecular flexibility index (Phi) is 2.66. The number of rotatable bonds is 0. The summed E-state index contributed by atoms with van der Waals surface area (Å²) in [6, 6.07) is 4.07. The molecule has 1 amide bonds. The highest BCUT2D eigenvalue weighted by atomic mass is 79.9. The monoisotopic (exact) mass is 317 g/mol. The molecule has 4 heteroatoms. The summed E-state index contributed by atoms with van der Waals surface area (Å²) in [7, 11) is 0. The van der Waals surface area contributed by atoms with Crippen molar-refractivity contribution in [3.63, 3.8) is 0 Å². The quantitative estimate of drug-likeness (QED) is 0.719. The van der Waals surface area contributed by atoms with Crippen molar-refractivity contribution in [1.82, 2.24) is 0 Å². The summed E-state index contributed by atoms with van der Waals surface area (Å²) in [4.78, 5) is 13.1. The van der Waals surface area contributed by atoms with Crippen LogP contribution in [0.2, 0.25) is 0 Å². The second kappa shape index (κ2) is 3.66. The van der Waals surface area contributed by atoms with Gasteiger partial charge in [0.05, 0.1) is 0 Å². The van der Waals surface area contributed by atoms with Gasteiger partial charge in [-0.2, -0.15) is 0 Å². The van der Waals surface area contributed by atoms with Gasteiger partial charge in [0.15, 0.2) is 0 Å². The molecular weight excluding hydrogens is 310 g/mol. The number of halogens is 2. The lowest BCUT2D eigenvalue weighted by Crippen LogP contribution is -2.25. The first-order valence-corrected chi connectivity index (χ1v) is 5.94. The van der Waals surface area contributed by atoms with E-state index in [1.165, 1.54) is 5.56 Å². The molecule has 0 bridgehead atoms. The van der Waals surface area contributed by atoms with Crippen LogP contribution in [0.5, 0.6) is 0 Å².